The summed E-state index contributed by atoms with van der Waals surface area (Å²) in [6.07, 6.45) is 6.08. The quantitative estimate of drug-likeness (QED) is 0.896. The van der Waals surface area contributed by atoms with Gasteiger partial charge in [-0.15, -0.1) is 0 Å². The highest BCUT2D eigenvalue weighted by Gasteiger charge is 2.25. The molecule has 0 aliphatic heterocycles. The van der Waals surface area contributed by atoms with Gasteiger partial charge in [-0.25, -0.2) is 13.1 Å². The van der Waals surface area contributed by atoms with Crippen molar-refractivity contribution in [2.24, 2.45) is 0 Å². The molecule has 6 heteroatoms. The van der Waals surface area contributed by atoms with E-state index in [0.29, 0.717) is 5.25 Å². The Morgan fingerprint density at radius 2 is 1.95 bits per heavy atom. The summed E-state index contributed by atoms with van der Waals surface area (Å²) in [6.45, 7) is 0. The maximum atomic E-state index is 12.2. The van der Waals surface area contributed by atoms with Crippen molar-refractivity contribution in [3.63, 3.8) is 0 Å². The molecular weight excluding hydrogens is 282 g/mol. The van der Waals surface area contributed by atoms with Gasteiger partial charge in [0.05, 0.1) is 4.90 Å². The number of nitrogens with one attached hydrogen (secondary N) is 1. The summed E-state index contributed by atoms with van der Waals surface area (Å²) < 4.78 is 27.2. The maximum absolute atomic E-state index is 12.2. The van der Waals surface area contributed by atoms with Crippen LogP contribution in [0, 0.1) is 0 Å². The molecule has 4 nitrogen and oxygen atoms in total. The third-order valence-electron chi connectivity index (χ3n) is 3.43. The zero-order valence-electron chi connectivity index (χ0n) is 10.9. The van der Waals surface area contributed by atoms with E-state index in [1.165, 1.54) is 30.7 Å². The normalized spacial score (nSPS) is 24.3. The van der Waals surface area contributed by atoms with Crippen LogP contribution in [0.4, 0.5) is 0 Å². The van der Waals surface area contributed by atoms with Crippen LogP contribution in [0.5, 0.6) is 5.75 Å². The Balaban J connectivity index is 2.06. The third-order valence-corrected chi connectivity index (χ3v) is 6.06. The number of phenolic OH excluding ortho intramolecular Hbond substituents is 1. The smallest absolute Gasteiger partial charge is 0.240 e. The molecule has 19 heavy (non-hydrogen) atoms. The molecule has 2 atom stereocenters. The van der Waals surface area contributed by atoms with E-state index < -0.39 is 10.0 Å². The van der Waals surface area contributed by atoms with Crippen LogP contribution in [0.1, 0.15) is 25.7 Å². The van der Waals surface area contributed by atoms with Crippen molar-refractivity contribution in [2.45, 2.75) is 41.9 Å². The Kier molecular flexibility index (Phi) is 4.76. The molecule has 0 radical (unpaired) electrons. The zero-order chi connectivity index (χ0) is 13.9. The molecule has 0 amide bonds. The highest BCUT2D eigenvalue weighted by Crippen LogP contribution is 2.28. The molecule has 0 saturated heterocycles. The average molecular weight is 301 g/mol. The number of rotatable bonds is 4. The Morgan fingerprint density at radius 3 is 2.58 bits per heavy atom. The summed E-state index contributed by atoms with van der Waals surface area (Å²) in [6, 6.07) is 5.64. The topological polar surface area (TPSA) is 66.4 Å². The lowest BCUT2D eigenvalue weighted by atomic mass is 9.96. The van der Waals surface area contributed by atoms with Crippen LogP contribution in [0.3, 0.4) is 0 Å². The largest absolute Gasteiger partial charge is 0.508 e. The summed E-state index contributed by atoms with van der Waals surface area (Å²) in [5.74, 6) is 0.0686. The molecular formula is C13H19NO3S2. The molecule has 1 aromatic carbocycles. The number of benzene rings is 1. The standard InChI is InChI=1S/C13H19NO3S2/c1-18-12-4-2-3-10(9-12)14-19(16,17)13-7-5-11(15)6-8-13/h5-8,10,12,14-15H,2-4,9H2,1H3. The van der Waals surface area contributed by atoms with Crippen LogP contribution in [-0.2, 0) is 10.0 Å². The molecule has 2 rings (SSSR count). The van der Waals surface area contributed by atoms with Crippen LogP contribution in [-0.4, -0.2) is 31.1 Å². The van der Waals surface area contributed by atoms with Crippen molar-refractivity contribution in [1.29, 1.82) is 0 Å². The lowest BCUT2D eigenvalue weighted by molar-refractivity contribution is 0.420. The zero-order valence-corrected chi connectivity index (χ0v) is 12.5. The molecule has 0 heterocycles. The van der Waals surface area contributed by atoms with Gasteiger partial charge in [-0.3, -0.25) is 0 Å². The Hall–Kier alpha value is -0.720. The summed E-state index contributed by atoms with van der Waals surface area (Å²) >= 11 is 1.81. The molecule has 0 spiro atoms. The minimum Gasteiger partial charge on any atom is -0.508 e. The molecule has 1 aliphatic rings. The molecule has 106 valence electrons. The first-order valence-electron chi connectivity index (χ1n) is 6.35. The van der Waals surface area contributed by atoms with Crippen molar-refractivity contribution in [2.75, 3.05) is 6.26 Å². The molecule has 0 aromatic heterocycles. The van der Waals surface area contributed by atoms with E-state index in [1.54, 1.807) is 11.8 Å². The number of phenols is 1. The van der Waals surface area contributed by atoms with E-state index >= 15 is 0 Å². The van der Waals surface area contributed by atoms with E-state index in [1.807, 2.05) is 0 Å². The van der Waals surface area contributed by atoms with Crippen LogP contribution in [0.15, 0.2) is 29.2 Å². The van der Waals surface area contributed by atoms with Crippen LogP contribution >= 0.6 is 11.8 Å². The fourth-order valence-corrected chi connectivity index (χ4v) is 4.49. The van der Waals surface area contributed by atoms with E-state index in [-0.39, 0.29) is 16.7 Å². The number of hydrogen-bond acceptors (Lipinski definition) is 4. The predicted octanol–water partition coefficient (Wildman–Crippen LogP) is 2.34. The van der Waals surface area contributed by atoms with Crippen molar-refractivity contribution >= 4 is 21.8 Å². The van der Waals surface area contributed by atoms with Gasteiger partial charge in [0.1, 0.15) is 5.75 Å². The Labute approximate surface area is 118 Å². The number of aromatic hydroxyl groups is 1. The van der Waals surface area contributed by atoms with E-state index in [0.717, 1.165) is 19.3 Å². The van der Waals surface area contributed by atoms with Gasteiger partial charge in [0, 0.05) is 11.3 Å². The van der Waals surface area contributed by atoms with Gasteiger partial charge >= 0.3 is 0 Å². The van der Waals surface area contributed by atoms with Gasteiger partial charge in [0.15, 0.2) is 0 Å². The Morgan fingerprint density at radius 1 is 1.26 bits per heavy atom. The summed E-state index contributed by atoms with van der Waals surface area (Å²) in [5.41, 5.74) is 0. The first kappa shape index (κ1) is 14.7. The molecule has 1 fully saturated rings. The van der Waals surface area contributed by atoms with Crippen LogP contribution in [0.2, 0.25) is 0 Å². The van der Waals surface area contributed by atoms with Crippen LogP contribution < -0.4 is 4.72 Å². The van der Waals surface area contributed by atoms with Crippen molar-refractivity contribution in [1.82, 2.24) is 4.72 Å². The lowest BCUT2D eigenvalue weighted by Gasteiger charge is -2.28. The highest BCUT2D eigenvalue weighted by molar-refractivity contribution is 7.99. The van der Waals surface area contributed by atoms with Crippen LogP contribution in [0.25, 0.3) is 0 Å². The molecule has 2 N–H and O–H groups in total. The maximum Gasteiger partial charge on any atom is 0.240 e. The molecule has 2 unspecified atom stereocenters. The van der Waals surface area contributed by atoms with E-state index in [2.05, 4.69) is 11.0 Å². The van der Waals surface area contributed by atoms with Gasteiger partial charge in [-0.2, -0.15) is 11.8 Å². The highest BCUT2D eigenvalue weighted by atomic mass is 32.2. The second-order valence-corrected chi connectivity index (χ2v) is 7.69. The van der Waals surface area contributed by atoms with Gasteiger partial charge in [0.2, 0.25) is 10.0 Å². The second-order valence-electron chi connectivity index (χ2n) is 4.84. The lowest BCUT2D eigenvalue weighted by Crippen LogP contribution is -2.39. The SMILES string of the molecule is CSC1CCCC(NS(=O)(=O)c2ccc(O)cc2)C1. The van der Waals surface area contributed by atoms with E-state index in [4.69, 9.17) is 0 Å². The van der Waals surface area contributed by atoms with E-state index in [9.17, 15) is 13.5 Å². The molecule has 0 bridgehead atoms. The monoisotopic (exact) mass is 301 g/mol. The fraction of sp³-hybridized carbons (Fsp3) is 0.538. The number of sulfonamides is 1. The van der Waals surface area contributed by atoms with Gasteiger partial charge in [-0.1, -0.05) is 6.42 Å². The predicted molar refractivity (Wildman–Crippen MR) is 78.0 cm³/mol. The first-order chi connectivity index (χ1) is 9.01. The van der Waals surface area contributed by atoms with Gasteiger partial charge in [0.25, 0.3) is 0 Å². The van der Waals surface area contributed by atoms with Gasteiger partial charge < -0.3 is 5.11 Å². The molecule has 1 aliphatic carbocycles. The summed E-state index contributed by atoms with van der Waals surface area (Å²) in [5, 5.41) is 9.74. The molecule has 1 saturated carbocycles. The van der Waals surface area contributed by atoms with Crippen molar-refractivity contribution < 1.29 is 13.5 Å². The van der Waals surface area contributed by atoms with Gasteiger partial charge in [-0.05, 0) is 49.8 Å². The van der Waals surface area contributed by atoms with Crippen molar-refractivity contribution in [3.8, 4) is 5.75 Å². The summed E-state index contributed by atoms with van der Waals surface area (Å²) in [7, 11) is -3.48. The minimum absolute atomic E-state index is 0.0185. The first-order valence-corrected chi connectivity index (χ1v) is 9.12. The second kappa shape index (κ2) is 6.15. The minimum atomic E-state index is -3.48. The average Bonchev–Trinajstić information content (AvgIpc) is 2.39. The molecule has 1 aromatic rings. The third kappa shape index (κ3) is 3.87. The number of thioether (sulfide) groups is 1. The Bertz CT molecular complexity index is 513. The van der Waals surface area contributed by atoms with Crippen molar-refractivity contribution in [3.05, 3.63) is 24.3 Å². The summed E-state index contributed by atoms with van der Waals surface area (Å²) in [4.78, 5) is 0.205. The number of hydrogen-bond donors (Lipinski definition) is 2. The fourth-order valence-electron chi connectivity index (χ4n) is 2.38.